The van der Waals surface area contributed by atoms with Gasteiger partial charge in [-0.15, -0.1) is 0 Å². The molecule has 1 N–H and O–H groups in total. The van der Waals surface area contributed by atoms with Crippen molar-refractivity contribution in [3.05, 3.63) is 54.1 Å². The Kier molecular flexibility index (Phi) is 5.24. The van der Waals surface area contributed by atoms with Crippen LogP contribution >= 0.6 is 0 Å². The SMILES string of the molecule is CN1CCN(c2ccc(NC(=O)c3ccc(N(C)C)cc3)cc2)CC1. The van der Waals surface area contributed by atoms with Gasteiger partial charge in [0.25, 0.3) is 5.91 Å². The van der Waals surface area contributed by atoms with Gasteiger partial charge in [-0.05, 0) is 55.6 Å². The van der Waals surface area contributed by atoms with Crippen LogP contribution in [0.3, 0.4) is 0 Å². The highest BCUT2D eigenvalue weighted by Gasteiger charge is 2.14. The molecule has 0 unspecified atom stereocenters. The van der Waals surface area contributed by atoms with Crippen molar-refractivity contribution < 1.29 is 4.79 Å². The van der Waals surface area contributed by atoms with Crippen LogP contribution in [0.25, 0.3) is 0 Å². The number of rotatable bonds is 4. The first-order chi connectivity index (χ1) is 12.0. The number of amides is 1. The Balaban J connectivity index is 1.61. The average Bonchev–Trinajstić information content (AvgIpc) is 2.63. The molecule has 0 aromatic heterocycles. The van der Waals surface area contributed by atoms with E-state index in [0.717, 1.165) is 37.6 Å². The van der Waals surface area contributed by atoms with Gasteiger partial charge in [0.1, 0.15) is 0 Å². The molecule has 0 atom stereocenters. The lowest BCUT2D eigenvalue weighted by molar-refractivity contribution is 0.102. The predicted octanol–water partition coefficient (Wildman–Crippen LogP) is 2.76. The summed E-state index contributed by atoms with van der Waals surface area (Å²) in [6.45, 7) is 4.25. The smallest absolute Gasteiger partial charge is 0.255 e. The van der Waals surface area contributed by atoms with E-state index in [4.69, 9.17) is 0 Å². The fourth-order valence-corrected chi connectivity index (χ4v) is 2.93. The van der Waals surface area contributed by atoms with Crippen LogP contribution in [-0.4, -0.2) is 58.1 Å². The average molecular weight is 338 g/mol. The normalized spacial score (nSPS) is 15.1. The van der Waals surface area contributed by atoms with Gasteiger partial charge in [-0.25, -0.2) is 0 Å². The topological polar surface area (TPSA) is 38.8 Å². The highest BCUT2D eigenvalue weighted by Crippen LogP contribution is 2.20. The Labute approximate surface area is 149 Å². The Bertz CT molecular complexity index is 701. The third-order valence-electron chi connectivity index (χ3n) is 4.64. The third-order valence-corrected chi connectivity index (χ3v) is 4.64. The lowest BCUT2D eigenvalue weighted by Crippen LogP contribution is -2.44. The minimum absolute atomic E-state index is 0.0855. The van der Waals surface area contributed by atoms with E-state index in [9.17, 15) is 4.79 Å². The molecule has 5 nitrogen and oxygen atoms in total. The summed E-state index contributed by atoms with van der Waals surface area (Å²) in [4.78, 5) is 19.1. The van der Waals surface area contributed by atoms with Crippen LogP contribution in [0.1, 0.15) is 10.4 Å². The summed E-state index contributed by atoms with van der Waals surface area (Å²) in [5, 5.41) is 2.96. The Hall–Kier alpha value is -2.53. The summed E-state index contributed by atoms with van der Waals surface area (Å²) in [5.74, 6) is -0.0855. The second-order valence-electron chi connectivity index (χ2n) is 6.73. The molecule has 0 spiro atoms. The first kappa shape index (κ1) is 17.3. The maximum atomic E-state index is 12.4. The van der Waals surface area contributed by atoms with Crippen molar-refractivity contribution in [2.24, 2.45) is 0 Å². The van der Waals surface area contributed by atoms with Crippen LogP contribution in [0, 0.1) is 0 Å². The van der Waals surface area contributed by atoms with E-state index in [-0.39, 0.29) is 5.91 Å². The monoisotopic (exact) mass is 338 g/mol. The maximum absolute atomic E-state index is 12.4. The van der Waals surface area contributed by atoms with Crippen LogP contribution < -0.4 is 15.1 Å². The summed E-state index contributed by atoms with van der Waals surface area (Å²) in [6.07, 6.45) is 0. The summed E-state index contributed by atoms with van der Waals surface area (Å²) in [5.41, 5.74) is 3.77. The van der Waals surface area contributed by atoms with Crippen molar-refractivity contribution in [2.75, 3.05) is 62.4 Å². The van der Waals surface area contributed by atoms with Crippen LogP contribution in [0.5, 0.6) is 0 Å². The number of anilines is 3. The quantitative estimate of drug-likeness (QED) is 0.930. The van der Waals surface area contributed by atoms with Crippen LogP contribution in [0.2, 0.25) is 0 Å². The predicted molar refractivity (Wildman–Crippen MR) is 105 cm³/mol. The van der Waals surface area contributed by atoms with Crippen LogP contribution in [0.15, 0.2) is 48.5 Å². The first-order valence-electron chi connectivity index (χ1n) is 8.65. The molecule has 1 aliphatic rings. The van der Waals surface area contributed by atoms with E-state index in [2.05, 4.69) is 34.3 Å². The molecule has 0 saturated carbocycles. The molecule has 2 aromatic carbocycles. The maximum Gasteiger partial charge on any atom is 0.255 e. The van der Waals surface area contributed by atoms with Gasteiger partial charge in [0.15, 0.2) is 0 Å². The Morgan fingerprint density at radius 1 is 0.920 bits per heavy atom. The molecule has 25 heavy (non-hydrogen) atoms. The van der Waals surface area contributed by atoms with Gasteiger partial charge in [0.2, 0.25) is 0 Å². The summed E-state index contributed by atoms with van der Waals surface area (Å²) in [7, 11) is 6.12. The molecule has 5 heteroatoms. The molecule has 0 aliphatic carbocycles. The highest BCUT2D eigenvalue weighted by molar-refractivity contribution is 6.04. The van der Waals surface area contributed by atoms with Gasteiger partial charge in [0.05, 0.1) is 0 Å². The fraction of sp³-hybridized carbons (Fsp3) is 0.350. The van der Waals surface area contributed by atoms with E-state index in [1.165, 1.54) is 5.69 Å². The number of carbonyl (C=O) groups is 1. The van der Waals surface area contributed by atoms with E-state index in [0.29, 0.717) is 5.56 Å². The molecular weight excluding hydrogens is 312 g/mol. The van der Waals surface area contributed by atoms with Crippen LogP contribution in [0.4, 0.5) is 17.1 Å². The number of nitrogens with one attached hydrogen (secondary N) is 1. The second kappa shape index (κ2) is 7.57. The van der Waals surface area contributed by atoms with E-state index in [1.54, 1.807) is 0 Å². The highest BCUT2D eigenvalue weighted by atomic mass is 16.1. The second-order valence-corrected chi connectivity index (χ2v) is 6.73. The zero-order valence-corrected chi connectivity index (χ0v) is 15.2. The van der Waals surface area contributed by atoms with Crippen molar-refractivity contribution in [2.45, 2.75) is 0 Å². The number of benzene rings is 2. The molecule has 1 amide bonds. The third kappa shape index (κ3) is 4.31. The molecular formula is C20H26N4O. The van der Waals surface area contributed by atoms with E-state index >= 15 is 0 Å². The molecule has 3 rings (SSSR count). The van der Waals surface area contributed by atoms with E-state index in [1.807, 2.05) is 55.4 Å². The van der Waals surface area contributed by atoms with Gasteiger partial charge in [0, 0.05) is 62.9 Å². The summed E-state index contributed by atoms with van der Waals surface area (Å²) < 4.78 is 0. The molecule has 2 aromatic rings. The number of nitrogens with zero attached hydrogens (tertiary/aromatic N) is 3. The Morgan fingerprint density at radius 3 is 2.08 bits per heavy atom. The largest absolute Gasteiger partial charge is 0.378 e. The minimum Gasteiger partial charge on any atom is -0.378 e. The van der Waals surface area contributed by atoms with Crippen molar-refractivity contribution >= 4 is 23.0 Å². The van der Waals surface area contributed by atoms with Gasteiger partial charge in [-0.1, -0.05) is 0 Å². The summed E-state index contributed by atoms with van der Waals surface area (Å²) in [6, 6.07) is 15.7. The summed E-state index contributed by atoms with van der Waals surface area (Å²) >= 11 is 0. The van der Waals surface area contributed by atoms with Crippen molar-refractivity contribution in [1.29, 1.82) is 0 Å². The zero-order valence-electron chi connectivity index (χ0n) is 15.2. The molecule has 1 heterocycles. The fourth-order valence-electron chi connectivity index (χ4n) is 2.93. The number of piperazine rings is 1. The van der Waals surface area contributed by atoms with Crippen molar-refractivity contribution in [3.63, 3.8) is 0 Å². The van der Waals surface area contributed by atoms with Gasteiger partial charge < -0.3 is 20.0 Å². The standard InChI is InChI=1S/C20H26N4O/c1-22(2)18-8-4-16(5-9-18)20(25)21-17-6-10-19(11-7-17)24-14-12-23(3)13-15-24/h4-11H,12-15H2,1-3H3,(H,21,25). The number of hydrogen-bond donors (Lipinski definition) is 1. The minimum atomic E-state index is -0.0855. The number of hydrogen-bond acceptors (Lipinski definition) is 4. The lowest BCUT2D eigenvalue weighted by atomic mass is 10.1. The first-order valence-corrected chi connectivity index (χ1v) is 8.65. The molecule has 0 radical (unpaired) electrons. The Morgan fingerprint density at radius 2 is 1.52 bits per heavy atom. The molecule has 1 fully saturated rings. The molecule has 132 valence electrons. The lowest BCUT2D eigenvalue weighted by Gasteiger charge is -2.34. The number of carbonyl (C=O) groups excluding carboxylic acids is 1. The zero-order chi connectivity index (χ0) is 17.8. The van der Waals surface area contributed by atoms with Crippen molar-refractivity contribution in [1.82, 2.24) is 4.90 Å². The van der Waals surface area contributed by atoms with Gasteiger partial charge >= 0.3 is 0 Å². The van der Waals surface area contributed by atoms with Gasteiger partial charge in [-0.3, -0.25) is 4.79 Å². The molecule has 0 bridgehead atoms. The van der Waals surface area contributed by atoms with Gasteiger partial charge in [-0.2, -0.15) is 0 Å². The number of likely N-dealkylation sites (N-methyl/N-ethyl adjacent to an activating group) is 1. The molecule has 1 aliphatic heterocycles. The van der Waals surface area contributed by atoms with Crippen molar-refractivity contribution in [3.8, 4) is 0 Å². The van der Waals surface area contributed by atoms with Crippen LogP contribution in [-0.2, 0) is 0 Å². The molecule has 1 saturated heterocycles. The van der Waals surface area contributed by atoms with E-state index < -0.39 is 0 Å².